The molecule has 2 unspecified atom stereocenters. The molecule has 0 radical (unpaired) electrons. The Morgan fingerprint density at radius 3 is 1.64 bits per heavy atom. The number of hydrogen-bond acceptors (Lipinski definition) is 6. The standard InChI is InChI=1S/C44H80NO7P/c1-6-8-10-12-14-16-18-20-21-22-23-24-26-28-30-32-34-36-39-49-41-43(42-51-53(47,48)50-40-38-45(3,4)5)52-44(46)37-35-33-31-29-27-25-19-17-15-13-11-9-7-2/h8,10-11,13-14,16-17,19-21,43H,6-7,9,12,15,18,22-42H2,1-5H3/p+1/b10-8-,13-11-,16-14-,19-17-,21-20-. The van der Waals surface area contributed by atoms with Gasteiger partial charge in [0.1, 0.15) is 19.3 Å². The fourth-order valence-electron chi connectivity index (χ4n) is 5.31. The second-order valence-corrected chi connectivity index (χ2v) is 16.4. The van der Waals surface area contributed by atoms with Gasteiger partial charge in [-0.25, -0.2) is 4.57 Å². The molecular weight excluding hydrogens is 685 g/mol. The number of rotatable bonds is 38. The van der Waals surface area contributed by atoms with Crippen LogP contribution in [0.3, 0.4) is 0 Å². The number of carbonyl (C=O) groups is 1. The first-order valence-electron chi connectivity index (χ1n) is 21.0. The van der Waals surface area contributed by atoms with E-state index < -0.39 is 13.9 Å². The minimum absolute atomic E-state index is 0.0814. The van der Waals surface area contributed by atoms with Crippen molar-refractivity contribution in [3.05, 3.63) is 60.8 Å². The summed E-state index contributed by atoms with van der Waals surface area (Å²) in [6.07, 6.45) is 45.4. The molecule has 0 rings (SSSR count). The second-order valence-electron chi connectivity index (χ2n) is 15.0. The highest BCUT2D eigenvalue weighted by molar-refractivity contribution is 7.47. The van der Waals surface area contributed by atoms with Crippen LogP contribution in [0.1, 0.15) is 155 Å². The van der Waals surface area contributed by atoms with Crippen LogP contribution in [0, 0.1) is 0 Å². The number of quaternary nitrogens is 1. The summed E-state index contributed by atoms with van der Waals surface area (Å²) in [6, 6.07) is 0. The van der Waals surface area contributed by atoms with Gasteiger partial charge in [-0.05, 0) is 70.6 Å². The van der Waals surface area contributed by atoms with E-state index in [9.17, 15) is 14.3 Å². The van der Waals surface area contributed by atoms with E-state index in [-0.39, 0.29) is 25.8 Å². The van der Waals surface area contributed by atoms with Crippen molar-refractivity contribution in [2.75, 3.05) is 54.1 Å². The number of esters is 1. The molecule has 0 saturated heterocycles. The van der Waals surface area contributed by atoms with Crippen LogP contribution in [0.25, 0.3) is 0 Å². The smallest absolute Gasteiger partial charge is 0.457 e. The van der Waals surface area contributed by atoms with Gasteiger partial charge in [-0.3, -0.25) is 13.8 Å². The monoisotopic (exact) mass is 767 g/mol. The Hall–Kier alpha value is -1.80. The van der Waals surface area contributed by atoms with Crippen LogP contribution < -0.4 is 0 Å². The average molecular weight is 767 g/mol. The predicted octanol–water partition coefficient (Wildman–Crippen LogP) is 12.2. The normalized spacial score (nSPS) is 14.5. The van der Waals surface area contributed by atoms with Gasteiger partial charge in [0, 0.05) is 13.0 Å². The summed E-state index contributed by atoms with van der Waals surface area (Å²) in [5.74, 6) is -0.334. The van der Waals surface area contributed by atoms with Crippen LogP contribution in [0.15, 0.2) is 60.8 Å². The average Bonchev–Trinajstić information content (AvgIpc) is 3.11. The summed E-state index contributed by atoms with van der Waals surface area (Å²) >= 11 is 0. The van der Waals surface area contributed by atoms with Gasteiger partial charge in [0.2, 0.25) is 0 Å². The minimum Gasteiger partial charge on any atom is -0.457 e. The molecule has 0 amide bonds. The van der Waals surface area contributed by atoms with Crippen LogP contribution >= 0.6 is 7.82 Å². The van der Waals surface area contributed by atoms with Crippen LogP contribution in [-0.2, 0) is 27.9 Å². The van der Waals surface area contributed by atoms with Gasteiger partial charge < -0.3 is 18.9 Å². The number of ether oxygens (including phenoxy) is 2. The van der Waals surface area contributed by atoms with Gasteiger partial charge in [-0.2, -0.15) is 0 Å². The Labute approximate surface area is 326 Å². The quantitative estimate of drug-likeness (QED) is 0.0220. The SMILES string of the molecule is CC/C=C\C/C=C\C/C=C\CCCCCCCCCCOCC(COP(=O)(O)OCC[N+](C)(C)C)OC(=O)CCCCCCC/C=C\C/C=C\CCC. The van der Waals surface area contributed by atoms with E-state index >= 15 is 0 Å². The predicted molar refractivity (Wildman–Crippen MR) is 224 cm³/mol. The van der Waals surface area contributed by atoms with Crippen molar-refractivity contribution < 1.29 is 37.3 Å². The number of hydrogen-bond donors (Lipinski definition) is 1. The molecule has 0 bridgehead atoms. The van der Waals surface area contributed by atoms with Crippen molar-refractivity contribution in [1.29, 1.82) is 0 Å². The van der Waals surface area contributed by atoms with Crippen LogP contribution in [-0.4, -0.2) is 75.6 Å². The first-order chi connectivity index (χ1) is 25.6. The fraction of sp³-hybridized carbons (Fsp3) is 0.750. The largest absolute Gasteiger partial charge is 0.472 e. The Morgan fingerprint density at radius 2 is 1.09 bits per heavy atom. The maximum absolute atomic E-state index is 12.7. The first kappa shape index (κ1) is 51.2. The van der Waals surface area contributed by atoms with E-state index in [0.717, 1.165) is 89.9 Å². The second kappa shape index (κ2) is 37.1. The molecule has 0 aliphatic rings. The van der Waals surface area contributed by atoms with Crippen molar-refractivity contribution in [1.82, 2.24) is 0 Å². The lowest BCUT2D eigenvalue weighted by molar-refractivity contribution is -0.870. The van der Waals surface area contributed by atoms with E-state index in [4.69, 9.17) is 18.5 Å². The number of carbonyl (C=O) groups excluding carboxylic acids is 1. The van der Waals surface area contributed by atoms with Gasteiger partial charge >= 0.3 is 13.8 Å². The molecule has 0 aromatic carbocycles. The highest BCUT2D eigenvalue weighted by Crippen LogP contribution is 2.43. The zero-order valence-electron chi connectivity index (χ0n) is 34.7. The number of likely N-dealkylation sites (N-methyl/N-ethyl adjacent to an activating group) is 1. The Bertz CT molecular complexity index is 1030. The van der Waals surface area contributed by atoms with Gasteiger partial charge in [-0.1, -0.05) is 139 Å². The van der Waals surface area contributed by atoms with Gasteiger partial charge in [0.25, 0.3) is 0 Å². The Kier molecular flexibility index (Phi) is 35.9. The van der Waals surface area contributed by atoms with E-state index in [1.54, 1.807) is 0 Å². The number of phosphoric ester groups is 1. The molecular formula is C44H81NO7P+. The number of phosphoric acid groups is 1. The topological polar surface area (TPSA) is 91.3 Å². The summed E-state index contributed by atoms with van der Waals surface area (Å²) in [5.41, 5.74) is 0. The van der Waals surface area contributed by atoms with Gasteiger partial charge in [0.05, 0.1) is 34.4 Å². The highest BCUT2D eigenvalue weighted by Gasteiger charge is 2.26. The van der Waals surface area contributed by atoms with Gasteiger partial charge in [0.15, 0.2) is 0 Å². The molecule has 0 aromatic rings. The maximum atomic E-state index is 12.7. The van der Waals surface area contributed by atoms with Crippen molar-refractivity contribution in [2.45, 2.75) is 161 Å². The third kappa shape index (κ3) is 41.2. The molecule has 0 aliphatic heterocycles. The highest BCUT2D eigenvalue weighted by atomic mass is 31.2. The molecule has 0 fully saturated rings. The van der Waals surface area contributed by atoms with E-state index in [0.29, 0.717) is 24.1 Å². The molecule has 2 atom stereocenters. The lowest BCUT2D eigenvalue weighted by Gasteiger charge is -2.24. The third-order valence-electron chi connectivity index (χ3n) is 8.54. The lowest BCUT2D eigenvalue weighted by Crippen LogP contribution is -2.37. The lowest BCUT2D eigenvalue weighted by atomic mass is 10.1. The van der Waals surface area contributed by atoms with Crippen LogP contribution in [0.2, 0.25) is 0 Å². The summed E-state index contributed by atoms with van der Waals surface area (Å²) < 4.78 is 34.9. The number of nitrogens with zero attached hydrogens (tertiary/aromatic N) is 1. The van der Waals surface area contributed by atoms with E-state index in [1.165, 1.54) is 44.9 Å². The molecule has 308 valence electrons. The zero-order chi connectivity index (χ0) is 39.1. The molecule has 0 aliphatic carbocycles. The van der Waals surface area contributed by atoms with Crippen LogP contribution in [0.4, 0.5) is 0 Å². The van der Waals surface area contributed by atoms with Crippen molar-refractivity contribution in [3.8, 4) is 0 Å². The summed E-state index contributed by atoms with van der Waals surface area (Å²) in [7, 11) is 1.64. The number of allylic oxidation sites excluding steroid dienone is 10. The molecule has 0 saturated carbocycles. The number of unbranched alkanes of at least 4 members (excludes halogenated alkanes) is 14. The molecule has 0 spiro atoms. The maximum Gasteiger partial charge on any atom is 0.472 e. The molecule has 53 heavy (non-hydrogen) atoms. The molecule has 8 nitrogen and oxygen atoms in total. The molecule has 0 heterocycles. The Balaban J connectivity index is 4.27. The fourth-order valence-corrected chi connectivity index (χ4v) is 6.05. The van der Waals surface area contributed by atoms with E-state index in [1.807, 2.05) is 21.1 Å². The summed E-state index contributed by atoms with van der Waals surface area (Å²) in [6.45, 7) is 5.39. The zero-order valence-corrected chi connectivity index (χ0v) is 35.6. The van der Waals surface area contributed by atoms with Crippen molar-refractivity contribution >= 4 is 13.8 Å². The summed E-state index contributed by atoms with van der Waals surface area (Å²) in [5, 5.41) is 0. The third-order valence-corrected chi connectivity index (χ3v) is 9.53. The minimum atomic E-state index is -4.28. The molecule has 9 heteroatoms. The summed E-state index contributed by atoms with van der Waals surface area (Å²) in [4.78, 5) is 22.8. The molecule has 0 aromatic heterocycles. The van der Waals surface area contributed by atoms with Crippen molar-refractivity contribution in [2.24, 2.45) is 0 Å². The van der Waals surface area contributed by atoms with Gasteiger partial charge in [-0.15, -0.1) is 0 Å². The molecule has 1 N–H and O–H groups in total. The first-order valence-corrected chi connectivity index (χ1v) is 22.5. The Morgan fingerprint density at radius 1 is 0.604 bits per heavy atom. The van der Waals surface area contributed by atoms with Crippen LogP contribution in [0.5, 0.6) is 0 Å². The van der Waals surface area contributed by atoms with Crippen molar-refractivity contribution in [3.63, 3.8) is 0 Å². The van der Waals surface area contributed by atoms with E-state index in [2.05, 4.69) is 74.6 Å².